The summed E-state index contributed by atoms with van der Waals surface area (Å²) in [5.74, 6) is -0.809. The molecule has 2 heterocycles. The second-order valence-corrected chi connectivity index (χ2v) is 3.44. The summed E-state index contributed by atoms with van der Waals surface area (Å²) in [4.78, 5) is 13.6. The van der Waals surface area contributed by atoms with E-state index < -0.39 is 5.97 Å². The lowest BCUT2D eigenvalue weighted by molar-refractivity contribution is -0.136. The number of carbonyl (C=O) groups is 1. The van der Waals surface area contributed by atoms with E-state index in [-0.39, 0.29) is 6.42 Å². The molecule has 0 amide bonds. The summed E-state index contributed by atoms with van der Waals surface area (Å²) in [5, 5.41) is 8.71. The van der Waals surface area contributed by atoms with Gasteiger partial charge in [-0.05, 0) is 18.2 Å². The molecule has 0 fully saturated rings. The van der Waals surface area contributed by atoms with Crippen LogP contribution in [0.25, 0.3) is 11.3 Å². The lowest BCUT2D eigenvalue weighted by Gasteiger charge is -2.04. The minimum atomic E-state index is -0.809. The number of aliphatic carboxylic acids is 1. The lowest BCUT2D eigenvalue weighted by atomic mass is 10.2. The SMILES string of the molecule is Cn1c(CC(=O)O)ccc1-c1cc[nH]c1. The highest BCUT2D eigenvalue weighted by atomic mass is 16.4. The van der Waals surface area contributed by atoms with E-state index in [0.29, 0.717) is 0 Å². The molecule has 2 aromatic rings. The predicted molar refractivity (Wildman–Crippen MR) is 56.5 cm³/mol. The first-order valence-electron chi connectivity index (χ1n) is 4.68. The first-order chi connectivity index (χ1) is 7.18. The number of nitrogens with one attached hydrogen (secondary N) is 1. The Bertz CT molecular complexity index is 469. The van der Waals surface area contributed by atoms with E-state index in [1.54, 1.807) is 0 Å². The van der Waals surface area contributed by atoms with Crippen LogP contribution in [0.5, 0.6) is 0 Å². The third-order valence-electron chi connectivity index (χ3n) is 2.45. The van der Waals surface area contributed by atoms with Crippen LogP contribution in [0.2, 0.25) is 0 Å². The number of aromatic nitrogens is 2. The van der Waals surface area contributed by atoms with E-state index in [2.05, 4.69) is 4.98 Å². The van der Waals surface area contributed by atoms with Gasteiger partial charge in [0.1, 0.15) is 0 Å². The van der Waals surface area contributed by atoms with Gasteiger partial charge in [-0.1, -0.05) is 0 Å². The zero-order valence-corrected chi connectivity index (χ0v) is 8.40. The highest BCUT2D eigenvalue weighted by molar-refractivity contribution is 5.71. The summed E-state index contributed by atoms with van der Waals surface area (Å²) in [7, 11) is 1.88. The van der Waals surface area contributed by atoms with E-state index >= 15 is 0 Å². The van der Waals surface area contributed by atoms with Crippen LogP contribution in [0.15, 0.2) is 30.6 Å². The first kappa shape index (κ1) is 9.58. The molecule has 2 rings (SSSR count). The topological polar surface area (TPSA) is 58.0 Å². The molecule has 15 heavy (non-hydrogen) atoms. The van der Waals surface area contributed by atoms with Gasteiger partial charge < -0.3 is 14.7 Å². The standard InChI is InChI=1S/C11H12N2O2/c1-13-9(6-11(14)15)2-3-10(13)8-4-5-12-7-8/h2-5,7,12H,6H2,1H3,(H,14,15). The Balaban J connectivity index is 2.36. The summed E-state index contributed by atoms with van der Waals surface area (Å²) >= 11 is 0. The van der Waals surface area contributed by atoms with Crippen molar-refractivity contribution < 1.29 is 9.90 Å². The van der Waals surface area contributed by atoms with Crippen molar-refractivity contribution in [2.24, 2.45) is 7.05 Å². The van der Waals surface area contributed by atoms with Gasteiger partial charge >= 0.3 is 5.97 Å². The monoisotopic (exact) mass is 204 g/mol. The molecule has 2 aromatic heterocycles. The van der Waals surface area contributed by atoms with Crippen LogP contribution in [0.1, 0.15) is 5.69 Å². The van der Waals surface area contributed by atoms with Crippen LogP contribution in [0.4, 0.5) is 0 Å². The fourth-order valence-electron chi connectivity index (χ4n) is 1.66. The second-order valence-electron chi connectivity index (χ2n) is 3.44. The van der Waals surface area contributed by atoms with Crippen LogP contribution in [-0.2, 0) is 18.3 Å². The predicted octanol–water partition coefficient (Wildman–Crippen LogP) is 1.65. The van der Waals surface area contributed by atoms with Crippen LogP contribution >= 0.6 is 0 Å². The Morgan fingerprint density at radius 3 is 2.87 bits per heavy atom. The van der Waals surface area contributed by atoms with Crippen molar-refractivity contribution in [3.63, 3.8) is 0 Å². The molecule has 0 saturated carbocycles. The third-order valence-corrected chi connectivity index (χ3v) is 2.45. The van der Waals surface area contributed by atoms with Gasteiger partial charge in [-0.3, -0.25) is 4.79 Å². The highest BCUT2D eigenvalue weighted by Gasteiger charge is 2.09. The van der Waals surface area contributed by atoms with Crippen molar-refractivity contribution in [2.45, 2.75) is 6.42 Å². The molecule has 0 radical (unpaired) electrons. The van der Waals surface area contributed by atoms with Crippen molar-refractivity contribution in [3.05, 3.63) is 36.3 Å². The van der Waals surface area contributed by atoms with Crippen molar-refractivity contribution >= 4 is 5.97 Å². The van der Waals surface area contributed by atoms with E-state index in [9.17, 15) is 4.79 Å². The number of hydrogen-bond acceptors (Lipinski definition) is 1. The largest absolute Gasteiger partial charge is 0.481 e. The quantitative estimate of drug-likeness (QED) is 0.798. The number of rotatable bonds is 3. The molecule has 78 valence electrons. The lowest BCUT2D eigenvalue weighted by Crippen LogP contribution is -2.05. The Hall–Kier alpha value is -1.97. The molecule has 0 bridgehead atoms. The zero-order chi connectivity index (χ0) is 10.8. The van der Waals surface area contributed by atoms with Crippen molar-refractivity contribution in [1.29, 1.82) is 0 Å². The first-order valence-corrected chi connectivity index (χ1v) is 4.68. The van der Waals surface area contributed by atoms with Crippen molar-refractivity contribution in [1.82, 2.24) is 9.55 Å². The molecule has 4 heteroatoms. The Morgan fingerprint density at radius 2 is 2.27 bits per heavy atom. The molecule has 0 saturated heterocycles. The minimum Gasteiger partial charge on any atom is -0.481 e. The molecule has 4 nitrogen and oxygen atoms in total. The molecule has 0 aliphatic carbocycles. The second kappa shape index (κ2) is 3.65. The summed E-state index contributed by atoms with van der Waals surface area (Å²) in [5.41, 5.74) is 2.89. The van der Waals surface area contributed by atoms with Crippen molar-refractivity contribution in [2.75, 3.05) is 0 Å². The molecule has 0 atom stereocenters. The average Bonchev–Trinajstić information content (AvgIpc) is 2.76. The summed E-state index contributed by atoms with van der Waals surface area (Å²) in [6, 6.07) is 5.73. The van der Waals surface area contributed by atoms with Gasteiger partial charge in [0.2, 0.25) is 0 Å². The maximum atomic E-state index is 10.6. The van der Waals surface area contributed by atoms with E-state index in [4.69, 9.17) is 5.11 Å². The fraction of sp³-hybridized carbons (Fsp3) is 0.182. The molecular formula is C11H12N2O2. The van der Waals surface area contributed by atoms with Gasteiger partial charge in [-0.15, -0.1) is 0 Å². The molecule has 0 aromatic carbocycles. The highest BCUT2D eigenvalue weighted by Crippen LogP contribution is 2.20. The third kappa shape index (κ3) is 1.79. The van der Waals surface area contributed by atoms with Gasteiger partial charge in [-0.25, -0.2) is 0 Å². The summed E-state index contributed by atoms with van der Waals surface area (Å²) in [6.45, 7) is 0. The number of carboxylic acids is 1. The summed E-state index contributed by atoms with van der Waals surface area (Å²) in [6.07, 6.45) is 3.79. The number of nitrogens with zero attached hydrogens (tertiary/aromatic N) is 1. The van der Waals surface area contributed by atoms with Crippen molar-refractivity contribution in [3.8, 4) is 11.3 Å². The molecule has 2 N–H and O–H groups in total. The van der Waals surface area contributed by atoms with Crippen LogP contribution in [-0.4, -0.2) is 20.6 Å². The number of hydrogen-bond donors (Lipinski definition) is 2. The Labute approximate surface area is 87.2 Å². The molecule has 0 spiro atoms. The smallest absolute Gasteiger partial charge is 0.309 e. The van der Waals surface area contributed by atoms with E-state index in [0.717, 1.165) is 17.0 Å². The number of H-pyrrole nitrogens is 1. The van der Waals surface area contributed by atoms with E-state index in [1.807, 2.05) is 42.2 Å². The molecule has 0 aliphatic rings. The molecule has 0 unspecified atom stereocenters. The van der Waals surface area contributed by atoms with Crippen LogP contribution < -0.4 is 0 Å². The van der Waals surface area contributed by atoms with Crippen LogP contribution in [0, 0.1) is 0 Å². The Morgan fingerprint density at radius 1 is 1.47 bits per heavy atom. The Kier molecular flexibility index (Phi) is 2.33. The van der Waals surface area contributed by atoms with Gasteiger partial charge in [0.25, 0.3) is 0 Å². The molecular weight excluding hydrogens is 192 g/mol. The number of aromatic amines is 1. The van der Waals surface area contributed by atoms with Crippen LogP contribution in [0.3, 0.4) is 0 Å². The fourth-order valence-corrected chi connectivity index (χ4v) is 1.66. The number of carboxylic acid groups (broad SMARTS) is 1. The van der Waals surface area contributed by atoms with Gasteiger partial charge in [0, 0.05) is 36.4 Å². The normalized spacial score (nSPS) is 10.5. The zero-order valence-electron chi connectivity index (χ0n) is 8.40. The maximum absolute atomic E-state index is 10.6. The minimum absolute atomic E-state index is 0.0565. The average molecular weight is 204 g/mol. The molecule has 0 aliphatic heterocycles. The van der Waals surface area contributed by atoms with Gasteiger partial charge in [-0.2, -0.15) is 0 Å². The van der Waals surface area contributed by atoms with E-state index in [1.165, 1.54) is 0 Å². The summed E-state index contributed by atoms with van der Waals surface area (Å²) < 4.78 is 1.90. The maximum Gasteiger partial charge on any atom is 0.309 e. The van der Waals surface area contributed by atoms with Gasteiger partial charge in [0.05, 0.1) is 6.42 Å². The van der Waals surface area contributed by atoms with Gasteiger partial charge in [0.15, 0.2) is 0 Å².